The van der Waals surface area contributed by atoms with Gasteiger partial charge in [-0.3, -0.25) is 0 Å². The molecule has 1 N–H and O–H groups in total. The van der Waals surface area contributed by atoms with E-state index in [1.54, 1.807) is 0 Å². The molecule has 0 aromatic heterocycles. The minimum atomic E-state index is 0.220. The fourth-order valence-electron chi connectivity index (χ4n) is 1.34. The average Bonchev–Trinajstić information content (AvgIpc) is 1.88. The lowest BCUT2D eigenvalue weighted by Gasteiger charge is -2.37. The van der Waals surface area contributed by atoms with Crippen LogP contribution in [0.5, 0.6) is 0 Å². The van der Waals surface area contributed by atoms with Crippen molar-refractivity contribution in [1.29, 1.82) is 0 Å². The van der Waals surface area contributed by atoms with Crippen molar-refractivity contribution in [3.8, 4) is 0 Å². The molecule has 1 fully saturated rings. The Bertz CT molecular complexity index is 116. The van der Waals surface area contributed by atoms with Gasteiger partial charge in [-0.05, 0) is 20.3 Å². The van der Waals surface area contributed by atoms with Gasteiger partial charge in [0.1, 0.15) is 0 Å². The normalized spacial score (nSPS) is 41.7. The Morgan fingerprint density at radius 3 is 2.80 bits per heavy atom. The van der Waals surface area contributed by atoms with E-state index < -0.39 is 0 Å². The molecule has 0 saturated carbocycles. The molecule has 1 aliphatic rings. The van der Waals surface area contributed by atoms with E-state index >= 15 is 0 Å². The molecule has 0 radical (unpaired) electrons. The van der Waals surface area contributed by atoms with Crippen molar-refractivity contribution in [3.63, 3.8) is 0 Å². The summed E-state index contributed by atoms with van der Waals surface area (Å²) in [6.07, 6.45) is 1.14. The smallest absolute Gasteiger partial charge is 0.0646 e. The van der Waals surface area contributed by atoms with Crippen molar-refractivity contribution < 1.29 is 4.74 Å². The van der Waals surface area contributed by atoms with Gasteiger partial charge in [0.25, 0.3) is 0 Å². The summed E-state index contributed by atoms with van der Waals surface area (Å²) >= 11 is 0. The molecule has 0 aromatic carbocycles. The first kappa shape index (κ1) is 8.02. The summed E-state index contributed by atoms with van der Waals surface area (Å²) in [6.45, 7) is 8.27. The second-order valence-electron chi connectivity index (χ2n) is 3.47. The molecule has 1 aliphatic heterocycles. The molecule has 0 aromatic rings. The van der Waals surface area contributed by atoms with Gasteiger partial charge in [0.05, 0.1) is 13.2 Å². The number of hydrogen-bond donors (Lipinski definition) is 1. The first-order chi connectivity index (χ1) is 4.66. The minimum Gasteiger partial charge on any atom is -0.378 e. The van der Waals surface area contributed by atoms with Crippen molar-refractivity contribution in [2.24, 2.45) is 0 Å². The highest BCUT2D eigenvalue weighted by Crippen LogP contribution is 2.14. The molecule has 2 nitrogen and oxygen atoms in total. The van der Waals surface area contributed by atoms with E-state index in [0.717, 1.165) is 19.6 Å². The second kappa shape index (κ2) is 2.89. The van der Waals surface area contributed by atoms with E-state index in [-0.39, 0.29) is 5.54 Å². The lowest BCUT2D eigenvalue weighted by molar-refractivity contribution is 0.00905. The lowest BCUT2D eigenvalue weighted by Crippen LogP contribution is -2.55. The van der Waals surface area contributed by atoms with E-state index in [9.17, 15) is 0 Å². The van der Waals surface area contributed by atoms with Gasteiger partial charge in [-0.25, -0.2) is 0 Å². The Morgan fingerprint density at radius 1 is 1.70 bits per heavy atom. The summed E-state index contributed by atoms with van der Waals surface area (Å²) in [6, 6.07) is 0.513. The van der Waals surface area contributed by atoms with Crippen LogP contribution in [0.1, 0.15) is 27.2 Å². The monoisotopic (exact) mass is 143 g/mol. The molecule has 2 unspecified atom stereocenters. The van der Waals surface area contributed by atoms with Crippen molar-refractivity contribution in [3.05, 3.63) is 0 Å². The van der Waals surface area contributed by atoms with Crippen LogP contribution in [0.4, 0.5) is 0 Å². The van der Waals surface area contributed by atoms with Crippen LogP contribution in [-0.4, -0.2) is 24.8 Å². The van der Waals surface area contributed by atoms with Crippen molar-refractivity contribution in [1.82, 2.24) is 5.32 Å². The molecule has 2 atom stereocenters. The van der Waals surface area contributed by atoms with Crippen LogP contribution < -0.4 is 5.32 Å². The lowest BCUT2D eigenvalue weighted by atomic mass is 9.97. The van der Waals surface area contributed by atoms with E-state index in [0.29, 0.717) is 6.04 Å². The number of ether oxygens (including phenoxy) is 1. The van der Waals surface area contributed by atoms with Crippen LogP contribution >= 0.6 is 0 Å². The quantitative estimate of drug-likeness (QED) is 0.595. The Hall–Kier alpha value is -0.0800. The molecule has 2 heteroatoms. The molecule has 10 heavy (non-hydrogen) atoms. The van der Waals surface area contributed by atoms with Gasteiger partial charge in [-0.2, -0.15) is 0 Å². The maximum absolute atomic E-state index is 5.43. The fourth-order valence-corrected chi connectivity index (χ4v) is 1.34. The minimum absolute atomic E-state index is 0.220. The molecule has 0 bridgehead atoms. The third-order valence-electron chi connectivity index (χ3n) is 2.16. The maximum atomic E-state index is 5.43. The third kappa shape index (κ3) is 1.70. The highest BCUT2D eigenvalue weighted by atomic mass is 16.5. The van der Waals surface area contributed by atoms with Crippen molar-refractivity contribution in [2.45, 2.75) is 38.8 Å². The van der Waals surface area contributed by atoms with Crippen LogP contribution in [0.25, 0.3) is 0 Å². The van der Waals surface area contributed by atoms with Crippen LogP contribution in [0.2, 0.25) is 0 Å². The van der Waals surface area contributed by atoms with Gasteiger partial charge in [0.15, 0.2) is 0 Å². The zero-order valence-corrected chi connectivity index (χ0v) is 7.11. The summed E-state index contributed by atoms with van der Waals surface area (Å²) in [4.78, 5) is 0. The van der Waals surface area contributed by atoms with Crippen LogP contribution in [0, 0.1) is 0 Å². The Morgan fingerprint density at radius 2 is 2.40 bits per heavy atom. The van der Waals surface area contributed by atoms with E-state index in [2.05, 4.69) is 26.1 Å². The van der Waals surface area contributed by atoms with E-state index in [1.165, 1.54) is 0 Å². The maximum Gasteiger partial charge on any atom is 0.0646 e. The van der Waals surface area contributed by atoms with Gasteiger partial charge in [0.2, 0.25) is 0 Å². The molecule has 0 aliphatic carbocycles. The molecule has 1 saturated heterocycles. The third-order valence-corrected chi connectivity index (χ3v) is 2.16. The summed E-state index contributed by atoms with van der Waals surface area (Å²) < 4.78 is 5.43. The predicted molar refractivity (Wildman–Crippen MR) is 42.1 cm³/mol. The van der Waals surface area contributed by atoms with Gasteiger partial charge >= 0.3 is 0 Å². The molecule has 60 valence electrons. The summed E-state index contributed by atoms with van der Waals surface area (Å²) in [5.41, 5.74) is 0.220. The Balaban J connectivity index is 2.45. The standard InChI is InChI=1S/C8H17NO/c1-4-8(3)6-10-5-7(2)9-8/h7,9H,4-6H2,1-3H3. The average molecular weight is 143 g/mol. The summed E-state index contributed by atoms with van der Waals surface area (Å²) in [7, 11) is 0. The molecular formula is C8H17NO. The van der Waals surface area contributed by atoms with Gasteiger partial charge < -0.3 is 10.1 Å². The van der Waals surface area contributed by atoms with Crippen molar-refractivity contribution >= 4 is 0 Å². The Kier molecular flexibility index (Phi) is 2.32. The summed E-state index contributed by atoms with van der Waals surface area (Å²) in [5.74, 6) is 0. The van der Waals surface area contributed by atoms with E-state index in [4.69, 9.17) is 4.74 Å². The van der Waals surface area contributed by atoms with Crippen LogP contribution in [0.3, 0.4) is 0 Å². The number of morpholine rings is 1. The summed E-state index contributed by atoms with van der Waals surface area (Å²) in [5, 5.41) is 3.52. The predicted octanol–water partition coefficient (Wildman–Crippen LogP) is 1.16. The first-order valence-corrected chi connectivity index (χ1v) is 4.02. The van der Waals surface area contributed by atoms with Gasteiger partial charge in [0, 0.05) is 11.6 Å². The van der Waals surface area contributed by atoms with Crippen LogP contribution in [-0.2, 0) is 4.74 Å². The van der Waals surface area contributed by atoms with Crippen molar-refractivity contribution in [2.75, 3.05) is 13.2 Å². The number of hydrogen-bond acceptors (Lipinski definition) is 2. The highest BCUT2D eigenvalue weighted by Gasteiger charge is 2.27. The Labute approximate surface area is 63.0 Å². The highest BCUT2D eigenvalue weighted by molar-refractivity contribution is 4.87. The largest absolute Gasteiger partial charge is 0.378 e. The molecule has 0 amide bonds. The SMILES string of the molecule is CCC1(C)COCC(C)N1. The molecular weight excluding hydrogens is 126 g/mol. The number of nitrogens with one attached hydrogen (secondary N) is 1. The first-order valence-electron chi connectivity index (χ1n) is 4.02. The fraction of sp³-hybridized carbons (Fsp3) is 1.00. The second-order valence-corrected chi connectivity index (χ2v) is 3.47. The molecule has 1 rings (SSSR count). The molecule has 0 spiro atoms. The molecule has 1 heterocycles. The van der Waals surface area contributed by atoms with Gasteiger partial charge in [-0.15, -0.1) is 0 Å². The zero-order valence-electron chi connectivity index (χ0n) is 7.11. The topological polar surface area (TPSA) is 21.3 Å². The zero-order chi connectivity index (χ0) is 7.61. The number of rotatable bonds is 1. The van der Waals surface area contributed by atoms with Gasteiger partial charge in [-0.1, -0.05) is 6.92 Å². The van der Waals surface area contributed by atoms with Crippen LogP contribution in [0.15, 0.2) is 0 Å². The van der Waals surface area contributed by atoms with E-state index in [1.807, 2.05) is 0 Å².